The minimum absolute atomic E-state index is 0.0949. The molecule has 0 fully saturated rings. The summed E-state index contributed by atoms with van der Waals surface area (Å²) in [6.45, 7) is 1.93. The van der Waals surface area contributed by atoms with Crippen molar-refractivity contribution >= 4 is 45.2 Å². The first-order valence-corrected chi connectivity index (χ1v) is 7.33. The Kier molecular flexibility index (Phi) is 6.81. The number of aliphatic carboxylic acids is 1. The smallest absolute Gasteiger partial charge is 0.319 e. The summed E-state index contributed by atoms with van der Waals surface area (Å²) in [5, 5.41) is 14.5. The van der Waals surface area contributed by atoms with E-state index in [-0.39, 0.29) is 12.5 Å². The number of urea groups is 1. The quantitative estimate of drug-likeness (QED) is 0.718. The number of benzene rings is 1. The van der Waals surface area contributed by atoms with Gasteiger partial charge in [-0.3, -0.25) is 4.79 Å². The van der Waals surface area contributed by atoms with Crippen LogP contribution in [0.15, 0.2) is 22.7 Å². The van der Waals surface area contributed by atoms with Gasteiger partial charge in [0.15, 0.2) is 0 Å². The Labute approximate surface area is 130 Å². The maximum Gasteiger partial charge on any atom is 0.319 e. The number of halogens is 2. The summed E-state index contributed by atoms with van der Waals surface area (Å²) in [4.78, 5) is 22.5. The molecule has 1 unspecified atom stereocenters. The van der Waals surface area contributed by atoms with E-state index < -0.39 is 12.0 Å². The van der Waals surface area contributed by atoms with Crippen LogP contribution in [-0.4, -0.2) is 23.1 Å². The Morgan fingerprint density at radius 1 is 1.45 bits per heavy atom. The zero-order valence-electron chi connectivity index (χ0n) is 11.0. The molecule has 5 nitrogen and oxygen atoms in total. The van der Waals surface area contributed by atoms with Gasteiger partial charge in [-0.1, -0.05) is 24.9 Å². The number of hydrogen-bond donors (Lipinski definition) is 3. The van der Waals surface area contributed by atoms with Crippen molar-refractivity contribution in [2.75, 3.05) is 5.32 Å². The fraction of sp³-hybridized carbons (Fsp3) is 0.385. The van der Waals surface area contributed by atoms with Crippen LogP contribution in [0.2, 0.25) is 5.02 Å². The zero-order chi connectivity index (χ0) is 15.1. The molecule has 20 heavy (non-hydrogen) atoms. The zero-order valence-corrected chi connectivity index (χ0v) is 13.3. The minimum Gasteiger partial charge on any atom is -0.481 e. The molecule has 1 rings (SSSR count). The highest BCUT2D eigenvalue weighted by Gasteiger charge is 2.15. The Balaban J connectivity index is 2.60. The van der Waals surface area contributed by atoms with Gasteiger partial charge < -0.3 is 15.7 Å². The third-order valence-corrected chi connectivity index (χ3v) is 3.80. The molecule has 1 aromatic rings. The van der Waals surface area contributed by atoms with Crippen LogP contribution in [0.3, 0.4) is 0 Å². The Bertz CT molecular complexity index is 497. The third kappa shape index (κ3) is 5.79. The Hall–Kier alpha value is -1.27. The molecule has 0 aliphatic rings. The van der Waals surface area contributed by atoms with Gasteiger partial charge in [0.25, 0.3) is 0 Å². The summed E-state index contributed by atoms with van der Waals surface area (Å²) in [6, 6.07) is 4.20. The van der Waals surface area contributed by atoms with Gasteiger partial charge in [-0.2, -0.15) is 0 Å². The van der Waals surface area contributed by atoms with Crippen LogP contribution in [0, 0.1) is 0 Å². The fourth-order valence-electron chi connectivity index (χ4n) is 1.71. The van der Waals surface area contributed by atoms with Gasteiger partial charge in [0.2, 0.25) is 0 Å². The second-order valence-corrected chi connectivity index (χ2v) is 5.57. The molecule has 2 amide bonds. The molecule has 7 heteroatoms. The molecule has 0 saturated heterocycles. The maximum absolute atomic E-state index is 11.8. The highest BCUT2D eigenvalue weighted by molar-refractivity contribution is 9.10. The van der Waals surface area contributed by atoms with Gasteiger partial charge in [0.05, 0.1) is 11.4 Å². The fourth-order valence-corrected chi connectivity index (χ4v) is 2.14. The number of nitrogens with one attached hydrogen (secondary N) is 2. The number of carboxylic acid groups (broad SMARTS) is 1. The number of rotatable bonds is 6. The number of anilines is 1. The predicted octanol–water partition coefficient (Wildman–Crippen LogP) is 3.87. The van der Waals surface area contributed by atoms with Crippen molar-refractivity contribution in [1.29, 1.82) is 0 Å². The van der Waals surface area contributed by atoms with E-state index in [1.54, 1.807) is 18.2 Å². The lowest BCUT2D eigenvalue weighted by Gasteiger charge is -2.16. The van der Waals surface area contributed by atoms with Crippen LogP contribution in [0.25, 0.3) is 0 Å². The van der Waals surface area contributed by atoms with Crippen LogP contribution >= 0.6 is 27.5 Å². The second-order valence-electron chi connectivity index (χ2n) is 4.31. The van der Waals surface area contributed by atoms with Crippen LogP contribution in [-0.2, 0) is 4.79 Å². The largest absolute Gasteiger partial charge is 0.481 e. The number of carbonyl (C=O) groups excluding carboxylic acids is 1. The molecule has 0 heterocycles. The summed E-state index contributed by atoms with van der Waals surface area (Å²) >= 11 is 9.18. The summed E-state index contributed by atoms with van der Waals surface area (Å²) in [7, 11) is 0. The van der Waals surface area contributed by atoms with Crippen LogP contribution in [0.1, 0.15) is 26.2 Å². The number of carbonyl (C=O) groups is 2. The Morgan fingerprint density at radius 3 is 2.70 bits per heavy atom. The summed E-state index contributed by atoms with van der Waals surface area (Å²) in [5.41, 5.74) is 0.543. The molecule has 1 atom stereocenters. The van der Waals surface area contributed by atoms with Crippen LogP contribution < -0.4 is 10.6 Å². The van der Waals surface area contributed by atoms with E-state index in [0.29, 0.717) is 17.1 Å². The first kappa shape index (κ1) is 16.8. The summed E-state index contributed by atoms with van der Waals surface area (Å²) in [5.74, 6) is -0.935. The van der Waals surface area contributed by atoms with Gasteiger partial charge in [0.1, 0.15) is 0 Å². The molecule has 3 N–H and O–H groups in total. The SMILES string of the molecule is CCCC(CC(=O)O)NC(=O)Nc1ccc(Br)c(Cl)c1. The lowest BCUT2D eigenvalue weighted by molar-refractivity contribution is -0.137. The van der Waals surface area contributed by atoms with Crippen molar-refractivity contribution in [2.45, 2.75) is 32.2 Å². The lowest BCUT2D eigenvalue weighted by atomic mass is 10.1. The predicted molar refractivity (Wildman–Crippen MR) is 82.3 cm³/mol. The highest BCUT2D eigenvalue weighted by atomic mass is 79.9. The van der Waals surface area contributed by atoms with Crippen molar-refractivity contribution in [3.05, 3.63) is 27.7 Å². The molecule has 0 radical (unpaired) electrons. The number of amides is 2. The van der Waals surface area contributed by atoms with Crippen molar-refractivity contribution in [3.8, 4) is 0 Å². The molecule has 0 bridgehead atoms. The topological polar surface area (TPSA) is 78.4 Å². The monoisotopic (exact) mass is 362 g/mol. The van der Waals surface area contributed by atoms with Crippen molar-refractivity contribution in [1.82, 2.24) is 5.32 Å². The molecule has 0 spiro atoms. The summed E-state index contributed by atoms with van der Waals surface area (Å²) in [6.07, 6.45) is 1.31. The first-order valence-electron chi connectivity index (χ1n) is 6.16. The normalized spacial score (nSPS) is 11.8. The standard InChI is InChI=1S/C13H16BrClN2O3/c1-2-3-8(7-12(18)19)16-13(20)17-9-4-5-10(14)11(15)6-9/h4-6,8H,2-3,7H2,1H3,(H,18,19)(H2,16,17,20). The minimum atomic E-state index is -0.935. The lowest BCUT2D eigenvalue weighted by Crippen LogP contribution is -2.39. The maximum atomic E-state index is 11.8. The van der Waals surface area contributed by atoms with Crippen molar-refractivity contribution in [3.63, 3.8) is 0 Å². The average molecular weight is 364 g/mol. The van der Waals surface area contributed by atoms with E-state index in [1.807, 2.05) is 6.92 Å². The van der Waals surface area contributed by atoms with Gasteiger partial charge in [-0.25, -0.2) is 4.79 Å². The van der Waals surface area contributed by atoms with Gasteiger partial charge in [-0.15, -0.1) is 0 Å². The van der Waals surface area contributed by atoms with E-state index in [0.717, 1.165) is 10.9 Å². The number of carboxylic acids is 1. The number of hydrogen-bond acceptors (Lipinski definition) is 2. The second kappa shape index (κ2) is 8.11. The molecule has 1 aromatic carbocycles. The van der Waals surface area contributed by atoms with Crippen LogP contribution in [0.4, 0.5) is 10.5 Å². The Morgan fingerprint density at radius 2 is 2.15 bits per heavy atom. The van der Waals surface area contributed by atoms with E-state index in [4.69, 9.17) is 16.7 Å². The van der Waals surface area contributed by atoms with Gasteiger partial charge in [0, 0.05) is 16.2 Å². The highest BCUT2D eigenvalue weighted by Crippen LogP contribution is 2.25. The molecule has 0 aromatic heterocycles. The van der Waals surface area contributed by atoms with Gasteiger partial charge >= 0.3 is 12.0 Å². The van der Waals surface area contributed by atoms with Crippen LogP contribution in [0.5, 0.6) is 0 Å². The van der Waals surface area contributed by atoms with Gasteiger partial charge in [-0.05, 0) is 40.5 Å². The molecule has 0 aliphatic heterocycles. The molecule has 110 valence electrons. The molecular weight excluding hydrogens is 348 g/mol. The molecular formula is C13H16BrClN2O3. The van der Waals surface area contributed by atoms with E-state index in [9.17, 15) is 9.59 Å². The average Bonchev–Trinajstić information content (AvgIpc) is 2.33. The third-order valence-electron chi connectivity index (χ3n) is 2.57. The molecule has 0 saturated carbocycles. The van der Waals surface area contributed by atoms with E-state index >= 15 is 0 Å². The van der Waals surface area contributed by atoms with Crippen molar-refractivity contribution in [2.24, 2.45) is 0 Å². The van der Waals surface area contributed by atoms with E-state index in [1.165, 1.54) is 0 Å². The molecule has 0 aliphatic carbocycles. The van der Waals surface area contributed by atoms with E-state index in [2.05, 4.69) is 26.6 Å². The first-order chi connectivity index (χ1) is 9.42. The van der Waals surface area contributed by atoms with Crippen molar-refractivity contribution < 1.29 is 14.7 Å². The summed E-state index contributed by atoms with van der Waals surface area (Å²) < 4.78 is 0.736.